The lowest BCUT2D eigenvalue weighted by Gasteiger charge is -2.40. The Morgan fingerprint density at radius 3 is 2.78 bits per heavy atom. The Labute approximate surface area is 159 Å². The highest BCUT2D eigenvalue weighted by Crippen LogP contribution is 2.43. The molecule has 2 aromatic carbocycles. The van der Waals surface area contributed by atoms with Gasteiger partial charge < -0.3 is 15.0 Å². The molecule has 5 rings (SSSR count). The third kappa shape index (κ3) is 2.76. The molecule has 2 aromatic rings. The van der Waals surface area contributed by atoms with Crippen LogP contribution in [0.2, 0.25) is 0 Å². The number of hydrogen-bond donors (Lipinski definition) is 1. The van der Waals surface area contributed by atoms with Crippen LogP contribution in [0.3, 0.4) is 0 Å². The number of fused-ring (bicyclic) bond motifs is 2. The summed E-state index contributed by atoms with van der Waals surface area (Å²) in [6, 6.07) is 14.9. The van der Waals surface area contributed by atoms with Gasteiger partial charge >= 0.3 is 0 Å². The van der Waals surface area contributed by atoms with E-state index in [0.717, 1.165) is 55.9 Å². The van der Waals surface area contributed by atoms with Gasteiger partial charge in [0.15, 0.2) is 0 Å². The molecule has 27 heavy (non-hydrogen) atoms. The van der Waals surface area contributed by atoms with E-state index in [-0.39, 0.29) is 11.5 Å². The fraction of sp³-hybridized carbons (Fsp3) is 0.348. The molecule has 1 N–H and O–H groups in total. The zero-order valence-corrected chi connectivity index (χ0v) is 15.6. The Kier molecular flexibility index (Phi) is 3.83. The number of amides is 1. The number of para-hydroxylation sites is 1. The van der Waals surface area contributed by atoms with Crippen LogP contribution in [0.15, 0.2) is 48.5 Å². The monoisotopic (exact) mass is 360 g/mol. The van der Waals surface area contributed by atoms with Crippen LogP contribution in [-0.2, 0) is 11.2 Å². The van der Waals surface area contributed by atoms with Gasteiger partial charge in [-0.25, -0.2) is 0 Å². The van der Waals surface area contributed by atoms with Crippen molar-refractivity contribution in [2.75, 3.05) is 24.5 Å². The number of ether oxygens (including phenoxy) is 1. The van der Waals surface area contributed by atoms with Crippen LogP contribution in [0.5, 0.6) is 5.75 Å². The zero-order chi connectivity index (χ0) is 18.4. The normalized spacial score (nSPS) is 19.9. The molecular weight excluding hydrogens is 336 g/mol. The van der Waals surface area contributed by atoms with Crippen molar-refractivity contribution in [1.82, 2.24) is 5.32 Å². The van der Waals surface area contributed by atoms with Crippen LogP contribution in [0.25, 0.3) is 5.57 Å². The van der Waals surface area contributed by atoms with Crippen molar-refractivity contribution in [3.8, 4) is 5.75 Å². The highest BCUT2D eigenvalue weighted by molar-refractivity contribution is 5.94. The molecule has 1 spiro atoms. The summed E-state index contributed by atoms with van der Waals surface area (Å²) in [6.45, 7) is 4.37. The number of nitrogens with zero attached hydrogens (tertiary/aromatic N) is 1. The SMILES string of the molecule is CC(=O)N1CCc2cc(C3=CC4(CCNCC4)Oc4ccccc43)ccc21. The maximum Gasteiger partial charge on any atom is 0.223 e. The second-order valence-corrected chi connectivity index (χ2v) is 7.74. The van der Waals surface area contributed by atoms with Crippen LogP contribution in [0.4, 0.5) is 5.69 Å². The van der Waals surface area contributed by atoms with E-state index >= 15 is 0 Å². The lowest BCUT2D eigenvalue weighted by atomic mass is 9.83. The van der Waals surface area contributed by atoms with Gasteiger partial charge in [-0.2, -0.15) is 0 Å². The average Bonchev–Trinajstić information content (AvgIpc) is 3.11. The molecule has 4 nitrogen and oxygen atoms in total. The number of carbonyl (C=O) groups excluding carboxylic acids is 1. The topological polar surface area (TPSA) is 41.6 Å². The fourth-order valence-electron chi connectivity index (χ4n) is 4.60. The van der Waals surface area contributed by atoms with E-state index < -0.39 is 0 Å². The molecule has 1 amide bonds. The Morgan fingerprint density at radius 2 is 1.96 bits per heavy atom. The lowest BCUT2D eigenvalue weighted by molar-refractivity contribution is -0.116. The number of carbonyl (C=O) groups is 1. The third-order valence-corrected chi connectivity index (χ3v) is 6.01. The third-order valence-electron chi connectivity index (χ3n) is 6.01. The molecule has 3 heterocycles. The van der Waals surface area contributed by atoms with Gasteiger partial charge in [0.05, 0.1) is 0 Å². The molecule has 0 unspecified atom stereocenters. The quantitative estimate of drug-likeness (QED) is 0.846. The van der Waals surface area contributed by atoms with Gasteiger partial charge in [0.2, 0.25) is 5.91 Å². The number of rotatable bonds is 1. The highest BCUT2D eigenvalue weighted by atomic mass is 16.5. The van der Waals surface area contributed by atoms with Crippen molar-refractivity contribution < 1.29 is 9.53 Å². The first kappa shape index (κ1) is 16.6. The lowest BCUT2D eigenvalue weighted by Crippen LogP contribution is -2.46. The molecule has 0 radical (unpaired) electrons. The number of anilines is 1. The molecule has 0 saturated carbocycles. The number of hydrogen-bond acceptors (Lipinski definition) is 3. The predicted octanol–water partition coefficient (Wildman–Crippen LogP) is 3.54. The standard InChI is InChI=1S/C23H24N2O2/c1-16(26)25-13-8-18-14-17(6-7-21(18)25)20-15-23(9-11-24-12-10-23)27-22-5-3-2-4-19(20)22/h2-7,14-15,24H,8-13H2,1H3. The maximum atomic E-state index is 11.9. The van der Waals surface area contributed by atoms with Gasteiger partial charge in [-0.15, -0.1) is 0 Å². The van der Waals surface area contributed by atoms with E-state index in [4.69, 9.17) is 4.74 Å². The summed E-state index contributed by atoms with van der Waals surface area (Å²) in [5.41, 5.74) is 5.72. The van der Waals surface area contributed by atoms with Gasteiger partial charge in [0.25, 0.3) is 0 Å². The highest BCUT2D eigenvalue weighted by Gasteiger charge is 2.37. The van der Waals surface area contributed by atoms with Crippen LogP contribution in [0.1, 0.15) is 36.5 Å². The van der Waals surface area contributed by atoms with Crippen molar-refractivity contribution in [1.29, 1.82) is 0 Å². The van der Waals surface area contributed by atoms with Crippen LogP contribution in [-0.4, -0.2) is 31.1 Å². The number of piperidine rings is 1. The molecule has 0 bridgehead atoms. The smallest absolute Gasteiger partial charge is 0.223 e. The first-order valence-electron chi connectivity index (χ1n) is 9.79. The average molecular weight is 360 g/mol. The minimum Gasteiger partial charge on any atom is -0.482 e. The summed E-state index contributed by atoms with van der Waals surface area (Å²) in [7, 11) is 0. The minimum atomic E-state index is -0.223. The van der Waals surface area contributed by atoms with Gasteiger partial charge in [-0.1, -0.05) is 24.3 Å². The maximum absolute atomic E-state index is 11.9. The zero-order valence-electron chi connectivity index (χ0n) is 15.6. The van der Waals surface area contributed by atoms with Crippen molar-refractivity contribution in [2.24, 2.45) is 0 Å². The molecule has 0 aromatic heterocycles. The first-order valence-corrected chi connectivity index (χ1v) is 9.79. The Morgan fingerprint density at radius 1 is 1.15 bits per heavy atom. The predicted molar refractivity (Wildman–Crippen MR) is 107 cm³/mol. The summed E-state index contributed by atoms with van der Waals surface area (Å²) in [5.74, 6) is 1.09. The van der Waals surface area contributed by atoms with Crippen molar-refractivity contribution >= 4 is 17.2 Å². The van der Waals surface area contributed by atoms with Gasteiger partial charge in [-0.05, 0) is 60.5 Å². The van der Waals surface area contributed by atoms with E-state index in [1.54, 1.807) is 6.92 Å². The van der Waals surface area contributed by atoms with E-state index in [0.29, 0.717) is 0 Å². The summed E-state index contributed by atoms with van der Waals surface area (Å²) >= 11 is 0. The van der Waals surface area contributed by atoms with Gasteiger partial charge in [0, 0.05) is 37.6 Å². The number of benzene rings is 2. The largest absolute Gasteiger partial charge is 0.482 e. The summed E-state index contributed by atoms with van der Waals surface area (Å²) in [6.07, 6.45) is 5.22. The first-order chi connectivity index (χ1) is 13.2. The molecule has 4 heteroatoms. The number of nitrogens with one attached hydrogen (secondary N) is 1. The van der Waals surface area contributed by atoms with E-state index in [2.05, 4.69) is 47.8 Å². The molecular formula is C23H24N2O2. The Balaban J connectivity index is 1.61. The molecule has 1 saturated heterocycles. The van der Waals surface area contributed by atoms with E-state index in [1.165, 1.54) is 16.7 Å². The van der Waals surface area contributed by atoms with Crippen LogP contribution < -0.4 is 15.0 Å². The van der Waals surface area contributed by atoms with Crippen LogP contribution >= 0.6 is 0 Å². The minimum absolute atomic E-state index is 0.116. The summed E-state index contributed by atoms with van der Waals surface area (Å²) < 4.78 is 6.48. The fourth-order valence-corrected chi connectivity index (χ4v) is 4.60. The molecule has 1 fully saturated rings. The molecule has 3 aliphatic rings. The molecule has 3 aliphatic heterocycles. The Hall–Kier alpha value is -2.59. The van der Waals surface area contributed by atoms with Crippen molar-refractivity contribution in [2.45, 2.75) is 31.8 Å². The van der Waals surface area contributed by atoms with Gasteiger partial charge in [-0.3, -0.25) is 4.79 Å². The van der Waals surface area contributed by atoms with E-state index in [1.807, 2.05) is 11.0 Å². The van der Waals surface area contributed by atoms with Crippen LogP contribution in [0, 0.1) is 0 Å². The molecule has 0 aliphatic carbocycles. The van der Waals surface area contributed by atoms with Gasteiger partial charge in [0.1, 0.15) is 11.4 Å². The summed E-state index contributed by atoms with van der Waals surface area (Å²) in [4.78, 5) is 13.7. The Bertz CT molecular complexity index is 941. The van der Waals surface area contributed by atoms with Crippen molar-refractivity contribution in [3.63, 3.8) is 0 Å². The van der Waals surface area contributed by atoms with Crippen molar-refractivity contribution in [3.05, 3.63) is 65.2 Å². The second kappa shape index (κ2) is 6.24. The van der Waals surface area contributed by atoms with E-state index in [9.17, 15) is 4.79 Å². The molecule has 138 valence electrons. The summed E-state index contributed by atoms with van der Waals surface area (Å²) in [5, 5.41) is 3.44. The molecule has 0 atom stereocenters. The second-order valence-electron chi connectivity index (χ2n) is 7.74.